The third-order valence-electron chi connectivity index (χ3n) is 2.13. The second kappa shape index (κ2) is 4.06. The lowest BCUT2D eigenvalue weighted by Gasteiger charge is -2.03. The van der Waals surface area contributed by atoms with Gasteiger partial charge in [-0.15, -0.1) is 0 Å². The van der Waals surface area contributed by atoms with Crippen LogP contribution in [0.5, 0.6) is 5.75 Å². The summed E-state index contributed by atoms with van der Waals surface area (Å²) in [7, 11) is 0. The average molecular weight is 259 g/mol. The zero-order valence-electron chi connectivity index (χ0n) is 8.45. The van der Waals surface area contributed by atoms with Gasteiger partial charge >= 0.3 is 5.97 Å². The van der Waals surface area contributed by atoms with Crippen LogP contribution in [0.3, 0.4) is 0 Å². The lowest BCUT2D eigenvalue weighted by Crippen LogP contribution is -1.95. The zero-order valence-corrected chi connectivity index (χ0v) is 8.45. The monoisotopic (exact) mass is 259 g/mol. The number of aromatic carboxylic acids is 1. The van der Waals surface area contributed by atoms with Crippen LogP contribution in [0.1, 0.15) is 10.5 Å². The SMILES string of the molecule is O=C(O)c1cc(-c2cc(F)c(F)c(O)c2F)on1. The number of carboxylic acids is 1. The predicted molar refractivity (Wildman–Crippen MR) is 50.4 cm³/mol. The Balaban J connectivity index is 2.60. The van der Waals surface area contributed by atoms with Crippen molar-refractivity contribution < 1.29 is 32.7 Å². The summed E-state index contributed by atoms with van der Waals surface area (Å²) >= 11 is 0. The Hall–Kier alpha value is -2.51. The second-order valence-electron chi connectivity index (χ2n) is 3.26. The number of hydrogen-bond acceptors (Lipinski definition) is 4. The fraction of sp³-hybridized carbons (Fsp3) is 0. The molecule has 1 aromatic carbocycles. The van der Waals surface area contributed by atoms with E-state index in [0.717, 1.165) is 6.07 Å². The van der Waals surface area contributed by atoms with Crippen molar-refractivity contribution in [1.82, 2.24) is 5.16 Å². The smallest absolute Gasteiger partial charge is 0.358 e. The van der Waals surface area contributed by atoms with Gasteiger partial charge in [0.2, 0.25) is 5.82 Å². The van der Waals surface area contributed by atoms with Gasteiger partial charge < -0.3 is 14.7 Å². The van der Waals surface area contributed by atoms with E-state index in [0.29, 0.717) is 6.07 Å². The van der Waals surface area contributed by atoms with Crippen molar-refractivity contribution in [3.63, 3.8) is 0 Å². The molecule has 0 unspecified atom stereocenters. The number of carbonyl (C=O) groups is 1. The molecule has 0 spiro atoms. The van der Waals surface area contributed by atoms with Crippen molar-refractivity contribution >= 4 is 5.97 Å². The van der Waals surface area contributed by atoms with E-state index in [4.69, 9.17) is 10.2 Å². The summed E-state index contributed by atoms with van der Waals surface area (Å²) in [6, 6.07) is 1.24. The summed E-state index contributed by atoms with van der Waals surface area (Å²) in [6.45, 7) is 0. The fourth-order valence-electron chi connectivity index (χ4n) is 1.27. The van der Waals surface area contributed by atoms with Gasteiger partial charge in [-0.05, 0) is 6.07 Å². The van der Waals surface area contributed by atoms with Gasteiger partial charge in [-0.2, -0.15) is 4.39 Å². The van der Waals surface area contributed by atoms with Crippen LogP contribution in [0.15, 0.2) is 16.7 Å². The summed E-state index contributed by atoms with van der Waals surface area (Å²) in [4.78, 5) is 10.5. The largest absolute Gasteiger partial charge is 0.503 e. The van der Waals surface area contributed by atoms with E-state index in [2.05, 4.69) is 9.68 Å². The van der Waals surface area contributed by atoms with Crippen molar-refractivity contribution in [2.45, 2.75) is 0 Å². The highest BCUT2D eigenvalue weighted by Crippen LogP contribution is 2.32. The van der Waals surface area contributed by atoms with Gasteiger partial charge in [-0.3, -0.25) is 0 Å². The maximum atomic E-state index is 13.4. The molecule has 0 radical (unpaired) electrons. The van der Waals surface area contributed by atoms with Crippen molar-refractivity contribution in [2.75, 3.05) is 0 Å². The van der Waals surface area contributed by atoms with Crippen LogP contribution >= 0.6 is 0 Å². The van der Waals surface area contributed by atoms with Crippen LogP contribution in [-0.4, -0.2) is 21.3 Å². The lowest BCUT2D eigenvalue weighted by molar-refractivity contribution is 0.0686. The van der Waals surface area contributed by atoms with Crippen LogP contribution in [0.25, 0.3) is 11.3 Å². The van der Waals surface area contributed by atoms with Crippen molar-refractivity contribution in [2.24, 2.45) is 0 Å². The van der Waals surface area contributed by atoms with Crippen molar-refractivity contribution in [3.8, 4) is 17.1 Å². The molecule has 94 valence electrons. The Morgan fingerprint density at radius 1 is 1.22 bits per heavy atom. The minimum absolute atomic E-state index is 0.427. The van der Waals surface area contributed by atoms with Crippen LogP contribution in [0.4, 0.5) is 13.2 Å². The quantitative estimate of drug-likeness (QED) is 0.807. The topological polar surface area (TPSA) is 83.6 Å². The van der Waals surface area contributed by atoms with E-state index in [1.165, 1.54) is 0 Å². The first-order valence-electron chi connectivity index (χ1n) is 4.48. The molecule has 8 heteroatoms. The molecule has 0 aliphatic rings. The van der Waals surface area contributed by atoms with Gasteiger partial charge in [0.25, 0.3) is 0 Å². The Morgan fingerprint density at radius 3 is 2.44 bits per heavy atom. The minimum atomic E-state index is -1.74. The zero-order chi connectivity index (χ0) is 13.4. The summed E-state index contributed by atoms with van der Waals surface area (Å²) in [5.41, 5.74) is -1.17. The van der Waals surface area contributed by atoms with Crippen LogP contribution < -0.4 is 0 Å². The molecule has 0 bridgehead atoms. The number of halogens is 3. The highest BCUT2D eigenvalue weighted by molar-refractivity contribution is 5.86. The number of rotatable bonds is 2. The molecule has 0 amide bonds. The van der Waals surface area contributed by atoms with Gasteiger partial charge in [0, 0.05) is 6.07 Å². The molecule has 1 aromatic heterocycles. The molecule has 2 rings (SSSR count). The average Bonchev–Trinajstić information content (AvgIpc) is 2.80. The van der Waals surface area contributed by atoms with Crippen molar-refractivity contribution in [3.05, 3.63) is 35.3 Å². The van der Waals surface area contributed by atoms with Gasteiger partial charge in [-0.1, -0.05) is 5.16 Å². The Kier molecular flexibility index (Phi) is 2.70. The van der Waals surface area contributed by atoms with E-state index in [9.17, 15) is 18.0 Å². The molecule has 2 N–H and O–H groups in total. The van der Waals surface area contributed by atoms with Crippen molar-refractivity contribution in [1.29, 1.82) is 0 Å². The Labute approximate surface area is 97.1 Å². The number of phenolic OH excluding ortho intramolecular Hbond substituents is 1. The van der Waals surface area contributed by atoms with E-state index >= 15 is 0 Å². The highest BCUT2D eigenvalue weighted by atomic mass is 19.2. The number of aromatic nitrogens is 1. The maximum Gasteiger partial charge on any atom is 0.358 e. The highest BCUT2D eigenvalue weighted by Gasteiger charge is 2.22. The van der Waals surface area contributed by atoms with Crippen LogP contribution in [0.2, 0.25) is 0 Å². The lowest BCUT2D eigenvalue weighted by atomic mass is 10.1. The molecule has 0 aliphatic carbocycles. The Morgan fingerprint density at radius 2 is 1.89 bits per heavy atom. The molecular weight excluding hydrogens is 255 g/mol. The first-order chi connectivity index (χ1) is 8.41. The minimum Gasteiger partial charge on any atom is -0.503 e. The van der Waals surface area contributed by atoms with E-state index in [-0.39, 0.29) is 0 Å². The first kappa shape index (κ1) is 12.0. The number of nitrogens with zero attached hydrogens (tertiary/aromatic N) is 1. The number of phenols is 1. The standard InChI is InChI=1S/C10H4F3NO4/c11-4-1-3(7(12)9(15)8(4)13)6-2-5(10(16)17)14-18-6/h1-2,15H,(H,16,17). The normalized spacial score (nSPS) is 10.6. The molecular formula is C10H4F3NO4. The molecule has 0 atom stereocenters. The molecule has 0 fully saturated rings. The van der Waals surface area contributed by atoms with Crippen LogP contribution in [-0.2, 0) is 0 Å². The Bertz CT molecular complexity index is 638. The maximum absolute atomic E-state index is 13.4. The molecule has 18 heavy (non-hydrogen) atoms. The third kappa shape index (κ3) is 1.77. The van der Waals surface area contributed by atoms with E-state index < -0.39 is 46.2 Å². The van der Waals surface area contributed by atoms with Gasteiger partial charge in [-0.25, -0.2) is 13.6 Å². The third-order valence-corrected chi connectivity index (χ3v) is 2.13. The first-order valence-corrected chi connectivity index (χ1v) is 4.48. The summed E-state index contributed by atoms with van der Waals surface area (Å²) < 4.78 is 43.7. The van der Waals surface area contributed by atoms with Crippen LogP contribution in [0, 0.1) is 17.5 Å². The molecule has 0 saturated carbocycles. The van der Waals surface area contributed by atoms with Gasteiger partial charge in [0.1, 0.15) is 0 Å². The number of hydrogen-bond donors (Lipinski definition) is 2. The number of aromatic hydroxyl groups is 1. The number of carboxylic acid groups (broad SMARTS) is 1. The molecule has 1 heterocycles. The molecule has 2 aromatic rings. The predicted octanol–water partition coefficient (Wildman–Crippen LogP) is 2.16. The number of benzene rings is 1. The molecule has 0 saturated heterocycles. The molecule has 5 nitrogen and oxygen atoms in total. The summed E-state index contributed by atoms with van der Waals surface area (Å²) in [5.74, 6) is -8.11. The summed E-state index contributed by atoms with van der Waals surface area (Å²) in [5, 5.41) is 20.6. The van der Waals surface area contributed by atoms with Gasteiger partial charge in [0.15, 0.2) is 28.8 Å². The molecule has 0 aliphatic heterocycles. The van der Waals surface area contributed by atoms with E-state index in [1.54, 1.807) is 0 Å². The second-order valence-corrected chi connectivity index (χ2v) is 3.26. The fourth-order valence-corrected chi connectivity index (χ4v) is 1.27. The van der Waals surface area contributed by atoms with E-state index in [1.807, 2.05) is 0 Å². The summed E-state index contributed by atoms with van der Waals surface area (Å²) in [6.07, 6.45) is 0. The van der Waals surface area contributed by atoms with Gasteiger partial charge in [0.05, 0.1) is 5.56 Å².